The maximum atomic E-state index is 5.33. The first kappa shape index (κ1) is 13.3. The maximum Gasteiger partial charge on any atom is 0.243 e. The van der Waals surface area contributed by atoms with Gasteiger partial charge >= 0.3 is 0 Å². The quantitative estimate of drug-likeness (QED) is 0.786. The second kappa shape index (κ2) is 6.67. The van der Waals surface area contributed by atoms with Crippen LogP contribution in [0.4, 0.5) is 5.95 Å². The molecule has 0 aromatic carbocycles. The molecule has 2 heterocycles. The molecule has 0 saturated carbocycles. The Kier molecular flexibility index (Phi) is 4.91. The summed E-state index contributed by atoms with van der Waals surface area (Å²) < 4.78 is 12.9. The second-order valence-corrected chi connectivity index (χ2v) is 4.45. The molecule has 1 N–H and O–H groups in total. The molecular weight excluding hydrogens is 300 g/mol. The Morgan fingerprint density at radius 3 is 3.06 bits per heavy atom. The number of hydrogen-bond acceptors (Lipinski definition) is 5. The minimum Gasteiger partial charge on any atom is -0.382 e. The van der Waals surface area contributed by atoms with Gasteiger partial charge in [-0.2, -0.15) is 4.98 Å². The van der Waals surface area contributed by atoms with Gasteiger partial charge in [-0.15, -0.1) is 5.10 Å². The van der Waals surface area contributed by atoms with Crippen LogP contribution in [0.1, 0.15) is 0 Å². The fourth-order valence-corrected chi connectivity index (χ4v) is 1.85. The summed E-state index contributed by atoms with van der Waals surface area (Å²) in [5.74, 6) is 0.595. The Morgan fingerprint density at radius 1 is 1.39 bits per heavy atom. The van der Waals surface area contributed by atoms with Gasteiger partial charge < -0.3 is 14.8 Å². The van der Waals surface area contributed by atoms with E-state index in [4.69, 9.17) is 9.47 Å². The van der Waals surface area contributed by atoms with Crippen LogP contribution >= 0.6 is 15.9 Å². The Balaban J connectivity index is 1.83. The number of rotatable bonds is 7. The average molecular weight is 315 g/mol. The number of pyridine rings is 1. The molecule has 2 rings (SSSR count). The van der Waals surface area contributed by atoms with Crippen molar-refractivity contribution in [2.75, 3.05) is 38.8 Å². The number of nitrogens with zero attached hydrogens (tertiary/aromatic N) is 3. The van der Waals surface area contributed by atoms with Crippen LogP contribution in [0.15, 0.2) is 22.8 Å². The molecule has 0 aliphatic heterocycles. The zero-order valence-electron chi connectivity index (χ0n) is 10.1. The zero-order valence-corrected chi connectivity index (χ0v) is 11.7. The molecule has 0 spiro atoms. The van der Waals surface area contributed by atoms with E-state index >= 15 is 0 Å². The van der Waals surface area contributed by atoms with Crippen molar-refractivity contribution in [3.63, 3.8) is 0 Å². The third-order valence-corrected chi connectivity index (χ3v) is 2.89. The fourth-order valence-electron chi connectivity index (χ4n) is 1.43. The number of ether oxygens (including phenoxy) is 2. The van der Waals surface area contributed by atoms with Crippen molar-refractivity contribution in [3.05, 3.63) is 22.8 Å². The maximum absolute atomic E-state index is 5.33. The van der Waals surface area contributed by atoms with Gasteiger partial charge in [-0.05, 0) is 28.1 Å². The van der Waals surface area contributed by atoms with Crippen LogP contribution in [0.3, 0.4) is 0 Å². The van der Waals surface area contributed by atoms with Crippen molar-refractivity contribution in [1.29, 1.82) is 0 Å². The molecule has 2 aromatic heterocycles. The monoisotopic (exact) mass is 314 g/mol. The number of aromatic nitrogens is 3. The molecule has 0 fully saturated rings. The van der Waals surface area contributed by atoms with E-state index in [9.17, 15) is 0 Å². The highest BCUT2D eigenvalue weighted by Crippen LogP contribution is 2.16. The normalized spacial score (nSPS) is 11.0. The molecule has 98 valence electrons. The first-order valence-electron chi connectivity index (χ1n) is 5.62. The number of fused-ring (bicyclic) bond motifs is 1. The average Bonchev–Trinajstić information content (AvgIpc) is 2.78. The van der Waals surface area contributed by atoms with Crippen LogP contribution in [-0.2, 0) is 9.47 Å². The molecule has 0 aliphatic carbocycles. The summed E-state index contributed by atoms with van der Waals surface area (Å²) >= 11 is 3.43. The SMILES string of the molecule is COCCOCCNc1nc2c(Br)cccn2n1. The van der Waals surface area contributed by atoms with Crippen LogP contribution < -0.4 is 5.32 Å². The largest absolute Gasteiger partial charge is 0.382 e. The smallest absolute Gasteiger partial charge is 0.243 e. The molecule has 6 nitrogen and oxygen atoms in total. The molecular formula is C11H15BrN4O2. The molecule has 0 bridgehead atoms. The number of methoxy groups -OCH3 is 1. The van der Waals surface area contributed by atoms with Crippen molar-refractivity contribution in [2.45, 2.75) is 0 Å². The van der Waals surface area contributed by atoms with Gasteiger partial charge in [0.15, 0.2) is 5.65 Å². The first-order valence-corrected chi connectivity index (χ1v) is 6.42. The second-order valence-electron chi connectivity index (χ2n) is 3.59. The van der Waals surface area contributed by atoms with E-state index < -0.39 is 0 Å². The Morgan fingerprint density at radius 2 is 2.28 bits per heavy atom. The summed E-state index contributed by atoms with van der Waals surface area (Å²) in [5, 5.41) is 7.40. The van der Waals surface area contributed by atoms with E-state index in [1.54, 1.807) is 11.6 Å². The predicted molar refractivity (Wildman–Crippen MR) is 71.9 cm³/mol. The highest BCUT2D eigenvalue weighted by molar-refractivity contribution is 9.10. The van der Waals surface area contributed by atoms with Gasteiger partial charge in [-0.25, -0.2) is 4.52 Å². The van der Waals surface area contributed by atoms with Gasteiger partial charge in [0.05, 0.1) is 24.3 Å². The summed E-state index contributed by atoms with van der Waals surface area (Å²) in [6, 6.07) is 3.84. The first-order chi connectivity index (χ1) is 8.81. The topological polar surface area (TPSA) is 60.7 Å². The van der Waals surface area contributed by atoms with Crippen molar-refractivity contribution >= 4 is 27.5 Å². The molecule has 0 saturated heterocycles. The van der Waals surface area contributed by atoms with Crippen LogP contribution in [-0.4, -0.2) is 48.1 Å². The fraction of sp³-hybridized carbons (Fsp3) is 0.455. The minimum absolute atomic E-state index is 0.595. The lowest BCUT2D eigenvalue weighted by atomic mass is 10.5. The predicted octanol–water partition coefficient (Wildman–Crippen LogP) is 1.57. The molecule has 0 unspecified atom stereocenters. The van der Waals surface area contributed by atoms with E-state index in [2.05, 4.69) is 31.3 Å². The summed E-state index contributed by atoms with van der Waals surface area (Å²) in [6.07, 6.45) is 1.85. The molecule has 18 heavy (non-hydrogen) atoms. The lowest BCUT2D eigenvalue weighted by Crippen LogP contribution is -2.12. The van der Waals surface area contributed by atoms with Crippen molar-refractivity contribution in [1.82, 2.24) is 14.6 Å². The number of halogens is 1. The molecule has 0 radical (unpaired) electrons. The van der Waals surface area contributed by atoms with E-state index in [1.807, 2.05) is 18.3 Å². The van der Waals surface area contributed by atoms with Gasteiger partial charge in [-0.1, -0.05) is 0 Å². The molecule has 7 heteroatoms. The molecule has 0 amide bonds. The Bertz CT molecular complexity index is 503. The third kappa shape index (κ3) is 3.41. The van der Waals surface area contributed by atoms with Gasteiger partial charge in [0, 0.05) is 19.9 Å². The van der Waals surface area contributed by atoms with Gasteiger partial charge in [0.2, 0.25) is 5.95 Å². The van der Waals surface area contributed by atoms with Gasteiger partial charge in [-0.3, -0.25) is 0 Å². The Labute approximate surface area is 113 Å². The Hall–Kier alpha value is -1.18. The third-order valence-electron chi connectivity index (χ3n) is 2.28. The summed E-state index contributed by atoms with van der Waals surface area (Å²) in [7, 11) is 1.65. The van der Waals surface area contributed by atoms with E-state index in [0.717, 1.165) is 10.1 Å². The number of nitrogens with one attached hydrogen (secondary N) is 1. The highest BCUT2D eigenvalue weighted by Gasteiger charge is 2.04. The summed E-state index contributed by atoms with van der Waals surface area (Å²) in [5.41, 5.74) is 0.792. The van der Waals surface area contributed by atoms with E-state index in [0.29, 0.717) is 32.3 Å². The lowest BCUT2D eigenvalue weighted by Gasteiger charge is -2.03. The molecule has 2 aromatic rings. The van der Waals surface area contributed by atoms with Crippen LogP contribution in [0.2, 0.25) is 0 Å². The van der Waals surface area contributed by atoms with Crippen LogP contribution in [0.25, 0.3) is 5.65 Å². The van der Waals surface area contributed by atoms with Crippen LogP contribution in [0, 0.1) is 0 Å². The standard InChI is InChI=1S/C11H15BrN4O2/c1-17-7-8-18-6-4-13-11-14-10-9(12)3-2-5-16(10)15-11/h2-3,5H,4,6-8H2,1H3,(H,13,15). The van der Waals surface area contributed by atoms with Crippen molar-refractivity contribution in [2.24, 2.45) is 0 Å². The van der Waals surface area contributed by atoms with Gasteiger partial charge in [0.25, 0.3) is 0 Å². The zero-order chi connectivity index (χ0) is 12.8. The highest BCUT2D eigenvalue weighted by atomic mass is 79.9. The summed E-state index contributed by atoms with van der Waals surface area (Å²) in [4.78, 5) is 4.36. The van der Waals surface area contributed by atoms with Crippen molar-refractivity contribution in [3.8, 4) is 0 Å². The van der Waals surface area contributed by atoms with Gasteiger partial charge in [0.1, 0.15) is 0 Å². The summed E-state index contributed by atoms with van der Waals surface area (Å²) in [6.45, 7) is 2.47. The van der Waals surface area contributed by atoms with E-state index in [-0.39, 0.29) is 0 Å². The molecule has 0 aliphatic rings. The van der Waals surface area contributed by atoms with E-state index in [1.165, 1.54) is 0 Å². The lowest BCUT2D eigenvalue weighted by molar-refractivity contribution is 0.0759. The minimum atomic E-state index is 0.595. The molecule has 0 atom stereocenters. The number of hydrogen-bond donors (Lipinski definition) is 1. The number of anilines is 1. The van der Waals surface area contributed by atoms with Crippen LogP contribution in [0.5, 0.6) is 0 Å². The van der Waals surface area contributed by atoms with Crippen molar-refractivity contribution < 1.29 is 9.47 Å².